The summed E-state index contributed by atoms with van der Waals surface area (Å²) in [6.07, 6.45) is 0.0127. The van der Waals surface area contributed by atoms with Crippen LogP contribution >= 0.6 is 23.5 Å². The summed E-state index contributed by atoms with van der Waals surface area (Å²) in [7, 11) is 0. The summed E-state index contributed by atoms with van der Waals surface area (Å²) in [5.41, 5.74) is 2.17. The van der Waals surface area contributed by atoms with E-state index in [2.05, 4.69) is 0 Å². The number of amides is 1. The van der Waals surface area contributed by atoms with Crippen LogP contribution in [0.4, 0.5) is 0 Å². The number of carboxylic acid groups (broad SMARTS) is 1. The van der Waals surface area contributed by atoms with Crippen LogP contribution in [0.3, 0.4) is 0 Å². The monoisotopic (exact) mass is 473 g/mol. The molecule has 32 heavy (non-hydrogen) atoms. The zero-order valence-corrected chi connectivity index (χ0v) is 19.3. The minimum absolute atomic E-state index is 0.0127. The van der Waals surface area contributed by atoms with Gasteiger partial charge >= 0.3 is 11.9 Å². The van der Waals surface area contributed by atoms with Gasteiger partial charge in [0.2, 0.25) is 11.0 Å². The number of carboxylic acids is 1. The number of nitrogens with zero attached hydrogens (tertiary/aromatic N) is 1. The van der Waals surface area contributed by atoms with Crippen molar-refractivity contribution in [2.75, 3.05) is 11.5 Å². The Hall–Kier alpha value is -2.78. The van der Waals surface area contributed by atoms with E-state index in [0.717, 1.165) is 17.3 Å². The molecule has 0 aromatic heterocycles. The van der Waals surface area contributed by atoms with Crippen molar-refractivity contribution < 1.29 is 29.0 Å². The van der Waals surface area contributed by atoms with E-state index >= 15 is 0 Å². The molecule has 2 aromatic rings. The first-order chi connectivity index (χ1) is 15.3. The quantitative estimate of drug-likeness (QED) is 0.477. The predicted octanol–water partition coefficient (Wildman–Crippen LogP) is 3.91. The Balaban J connectivity index is 1.73. The fraction of sp³-hybridized carbons (Fsp3) is 0.304. The Kier molecular flexibility index (Phi) is 7.98. The number of aryl methyl sites for hydroxylation is 1. The molecule has 1 saturated heterocycles. The summed E-state index contributed by atoms with van der Waals surface area (Å²) in [4.78, 5) is 50.0. The second kappa shape index (κ2) is 10.7. The van der Waals surface area contributed by atoms with E-state index in [0.29, 0.717) is 16.9 Å². The highest BCUT2D eigenvalue weighted by Crippen LogP contribution is 2.45. The maximum absolute atomic E-state index is 13.1. The molecule has 9 heteroatoms. The van der Waals surface area contributed by atoms with Crippen LogP contribution in [0.15, 0.2) is 48.5 Å². The number of thioether (sulfide) groups is 2. The second-order valence-corrected chi connectivity index (χ2v) is 9.41. The molecule has 0 saturated carbocycles. The van der Waals surface area contributed by atoms with Crippen molar-refractivity contribution in [1.82, 2.24) is 4.90 Å². The molecule has 0 radical (unpaired) electrons. The Morgan fingerprint density at radius 3 is 2.47 bits per heavy atom. The third kappa shape index (κ3) is 5.72. The lowest BCUT2D eigenvalue weighted by Crippen LogP contribution is -2.43. The van der Waals surface area contributed by atoms with Crippen LogP contribution in [0, 0.1) is 6.92 Å². The molecule has 0 bridgehead atoms. The third-order valence-electron chi connectivity index (χ3n) is 4.85. The van der Waals surface area contributed by atoms with Crippen LogP contribution in [0.5, 0.6) is 5.75 Å². The second-order valence-electron chi connectivity index (χ2n) is 7.22. The lowest BCUT2D eigenvalue weighted by Gasteiger charge is -2.28. The molecular formula is C23H23NO6S2. The highest BCUT2D eigenvalue weighted by Gasteiger charge is 2.43. The molecule has 1 fully saturated rings. The first kappa shape index (κ1) is 23.9. The molecule has 1 heterocycles. The number of hydrogen-bond acceptors (Lipinski definition) is 7. The van der Waals surface area contributed by atoms with Crippen molar-refractivity contribution in [3.05, 3.63) is 65.2 Å². The molecule has 0 aliphatic carbocycles. The van der Waals surface area contributed by atoms with Crippen molar-refractivity contribution in [2.24, 2.45) is 0 Å². The number of carbonyl (C=O) groups excluding carboxylic acids is 3. The first-order valence-electron chi connectivity index (χ1n) is 9.94. The van der Waals surface area contributed by atoms with Gasteiger partial charge in [0.25, 0.3) is 0 Å². The maximum Gasteiger partial charge on any atom is 0.327 e. The van der Waals surface area contributed by atoms with Crippen LogP contribution in [0.2, 0.25) is 0 Å². The fourth-order valence-electron chi connectivity index (χ4n) is 3.31. The van der Waals surface area contributed by atoms with E-state index in [1.54, 1.807) is 36.4 Å². The summed E-state index contributed by atoms with van der Waals surface area (Å²) in [6.45, 7) is 3.22. The molecular weight excluding hydrogens is 450 g/mol. The molecule has 2 aromatic carbocycles. The van der Waals surface area contributed by atoms with E-state index in [1.807, 2.05) is 19.1 Å². The number of ether oxygens (including phenoxy) is 1. The van der Waals surface area contributed by atoms with Gasteiger partial charge in [0, 0.05) is 36.0 Å². The zero-order chi connectivity index (χ0) is 23.3. The Labute approximate surface area is 194 Å². The van der Waals surface area contributed by atoms with Crippen LogP contribution in [0.25, 0.3) is 0 Å². The molecule has 1 amide bonds. The number of aliphatic carboxylic acids is 1. The summed E-state index contributed by atoms with van der Waals surface area (Å²) in [5.74, 6) is -1.22. The van der Waals surface area contributed by atoms with E-state index in [1.165, 1.54) is 23.6 Å². The molecule has 1 unspecified atom stereocenters. The van der Waals surface area contributed by atoms with Gasteiger partial charge in [0.15, 0.2) is 0 Å². The van der Waals surface area contributed by atoms with Gasteiger partial charge in [-0.2, -0.15) is 0 Å². The largest absolute Gasteiger partial charge is 0.480 e. The highest BCUT2D eigenvalue weighted by atomic mass is 32.2. The fourth-order valence-corrected chi connectivity index (χ4v) is 5.54. The lowest BCUT2D eigenvalue weighted by molar-refractivity contribution is -0.149. The molecule has 3 rings (SSSR count). The van der Waals surface area contributed by atoms with Crippen LogP contribution in [-0.4, -0.2) is 50.5 Å². The number of carbonyl (C=O) groups is 4. The minimum Gasteiger partial charge on any atom is -0.480 e. The highest BCUT2D eigenvalue weighted by molar-refractivity contribution is 8.14. The number of benzene rings is 2. The molecule has 2 atom stereocenters. The Morgan fingerprint density at radius 2 is 1.81 bits per heavy atom. The molecule has 7 nitrogen and oxygen atoms in total. The molecule has 0 spiro atoms. The standard InChI is InChI=1S/C23H23NO6S2/c1-14-7-9-16(10-8-14)23(29)31-12-11-20(26)24-18(22(27)28)13-32-21(24)17-5-3-4-6-19(17)30-15(2)25/h3-10,18,21H,11-13H2,1-2H3,(H,27,28)/t18-,21?/m0/s1. The van der Waals surface area contributed by atoms with Gasteiger partial charge in [-0.3, -0.25) is 14.4 Å². The molecule has 1 N–H and O–H groups in total. The first-order valence-corrected chi connectivity index (χ1v) is 12.0. The van der Waals surface area contributed by atoms with Crippen LogP contribution in [-0.2, 0) is 14.4 Å². The molecule has 168 valence electrons. The average molecular weight is 474 g/mol. The Morgan fingerprint density at radius 1 is 1.12 bits per heavy atom. The summed E-state index contributed by atoms with van der Waals surface area (Å²) < 4.78 is 5.27. The van der Waals surface area contributed by atoms with Crippen LogP contribution < -0.4 is 4.74 Å². The van der Waals surface area contributed by atoms with E-state index in [4.69, 9.17) is 4.74 Å². The summed E-state index contributed by atoms with van der Waals surface area (Å²) in [5, 5.41) is 8.91. The van der Waals surface area contributed by atoms with E-state index in [9.17, 15) is 24.3 Å². The third-order valence-corrected chi connectivity index (χ3v) is 7.06. The topological polar surface area (TPSA) is 101 Å². The number of para-hydroxylation sites is 1. The summed E-state index contributed by atoms with van der Waals surface area (Å²) in [6, 6.07) is 13.0. The van der Waals surface area contributed by atoms with Crippen molar-refractivity contribution in [3.63, 3.8) is 0 Å². The normalized spacial score (nSPS) is 17.8. The van der Waals surface area contributed by atoms with Crippen molar-refractivity contribution >= 4 is 46.5 Å². The maximum atomic E-state index is 13.1. The van der Waals surface area contributed by atoms with Gasteiger partial charge in [-0.05, 0) is 13.0 Å². The van der Waals surface area contributed by atoms with Crippen molar-refractivity contribution in [3.8, 4) is 5.75 Å². The SMILES string of the molecule is CC(=O)Oc1ccccc1C1SC[C@@H](C(=O)O)N1C(=O)CCSC(=O)c1ccc(C)cc1. The van der Waals surface area contributed by atoms with Gasteiger partial charge in [0.1, 0.15) is 17.2 Å². The zero-order valence-electron chi connectivity index (χ0n) is 17.6. The van der Waals surface area contributed by atoms with E-state index < -0.39 is 23.4 Å². The smallest absolute Gasteiger partial charge is 0.327 e. The molecule has 1 aliphatic heterocycles. The van der Waals surface area contributed by atoms with Gasteiger partial charge in [-0.1, -0.05) is 59.8 Å². The van der Waals surface area contributed by atoms with Gasteiger partial charge in [0.05, 0.1) is 0 Å². The predicted molar refractivity (Wildman–Crippen MR) is 124 cm³/mol. The summed E-state index contributed by atoms with van der Waals surface area (Å²) >= 11 is 2.34. The lowest BCUT2D eigenvalue weighted by atomic mass is 10.1. The Bertz CT molecular complexity index is 1020. The van der Waals surface area contributed by atoms with E-state index in [-0.39, 0.29) is 28.9 Å². The number of hydrogen-bond donors (Lipinski definition) is 1. The molecule has 1 aliphatic rings. The number of esters is 1. The van der Waals surface area contributed by atoms with Crippen molar-refractivity contribution in [2.45, 2.75) is 31.7 Å². The average Bonchev–Trinajstić information content (AvgIpc) is 3.19. The van der Waals surface area contributed by atoms with Crippen LogP contribution in [0.1, 0.15) is 40.2 Å². The van der Waals surface area contributed by atoms with Gasteiger partial charge < -0.3 is 14.7 Å². The number of rotatable bonds is 7. The van der Waals surface area contributed by atoms with Crippen molar-refractivity contribution in [1.29, 1.82) is 0 Å². The van der Waals surface area contributed by atoms with Gasteiger partial charge in [-0.15, -0.1) is 11.8 Å². The van der Waals surface area contributed by atoms with Gasteiger partial charge in [-0.25, -0.2) is 4.79 Å². The minimum atomic E-state index is -1.10.